The highest BCUT2D eigenvalue weighted by Crippen LogP contribution is 2.40. The first-order valence-electron chi connectivity index (χ1n) is 33.2. The lowest BCUT2D eigenvalue weighted by Crippen LogP contribution is -2.12. The smallest absolute Gasteiger partial charge is 0.128 e. The molecule has 0 aliphatic heterocycles. The van der Waals surface area contributed by atoms with Gasteiger partial charge in [-0.1, -0.05) is 94.4 Å². The summed E-state index contributed by atoms with van der Waals surface area (Å²) < 4.78 is 17.8. The van der Waals surface area contributed by atoms with Gasteiger partial charge >= 0.3 is 0 Å². The van der Waals surface area contributed by atoms with Crippen LogP contribution in [0.1, 0.15) is 145 Å². The molecule has 0 spiro atoms. The predicted molar refractivity (Wildman–Crippen MR) is 392 cm³/mol. The van der Waals surface area contributed by atoms with Crippen LogP contribution in [0.15, 0.2) is 121 Å². The predicted octanol–water partition coefficient (Wildman–Crippen LogP) is 7.42. The van der Waals surface area contributed by atoms with Gasteiger partial charge in [0.1, 0.15) is 51.8 Å². The minimum Gasteiger partial charge on any atom is -0.507 e. The number of aryl methyl sites for hydroxylation is 1. The molecule has 9 rings (SSSR count). The third kappa shape index (κ3) is 24.1. The molecular formula is C80H101FO25. The molecule has 9 aromatic rings. The van der Waals surface area contributed by atoms with Crippen LogP contribution in [0.3, 0.4) is 0 Å². The molecule has 106 heavy (non-hydrogen) atoms. The number of ether oxygens (including phenoxy) is 1. The number of phenolic OH excluding ortho intramolecular Hbond substituents is 1. The molecule has 0 atom stereocenters. The van der Waals surface area contributed by atoms with Gasteiger partial charge in [0.2, 0.25) is 0 Å². The van der Waals surface area contributed by atoms with Gasteiger partial charge in [-0.3, -0.25) is 0 Å². The van der Waals surface area contributed by atoms with Crippen molar-refractivity contribution >= 4 is 0 Å². The van der Waals surface area contributed by atoms with Crippen molar-refractivity contribution in [1.82, 2.24) is 0 Å². The Kier molecular flexibility index (Phi) is 38.7. The second-order valence-electron chi connectivity index (χ2n) is 24.7. The van der Waals surface area contributed by atoms with Gasteiger partial charge in [0.25, 0.3) is 0 Å². The van der Waals surface area contributed by atoms with Gasteiger partial charge in [0.15, 0.2) is 0 Å². The summed E-state index contributed by atoms with van der Waals surface area (Å²) in [7, 11) is 1.65. The van der Waals surface area contributed by atoms with Crippen LogP contribution < -0.4 is 0 Å². The number of phenols is 8. The zero-order valence-corrected chi connectivity index (χ0v) is 60.3. The Balaban J connectivity index is 0.000000322. The summed E-state index contributed by atoms with van der Waals surface area (Å²) in [4.78, 5) is 0. The van der Waals surface area contributed by atoms with Crippen LogP contribution in [-0.4, -0.2) is 130 Å². The molecule has 26 heteroatoms. The molecule has 9 aromatic carbocycles. The fourth-order valence-corrected chi connectivity index (χ4v) is 10.9. The van der Waals surface area contributed by atoms with Crippen molar-refractivity contribution in [3.05, 3.63) is 244 Å². The van der Waals surface area contributed by atoms with E-state index in [1.54, 1.807) is 45.2 Å². The first kappa shape index (κ1) is 90.8. The average molecular weight is 1480 g/mol. The highest BCUT2D eigenvalue weighted by atomic mass is 19.1. The van der Waals surface area contributed by atoms with Crippen molar-refractivity contribution in [2.75, 3.05) is 7.11 Å². The minimum absolute atomic E-state index is 0.0327. The van der Waals surface area contributed by atoms with Crippen LogP contribution in [0.2, 0.25) is 0 Å². The molecule has 0 radical (unpaired) electrons. The van der Waals surface area contributed by atoms with Crippen molar-refractivity contribution < 1.29 is 132 Å². The van der Waals surface area contributed by atoms with E-state index in [4.69, 9.17) is 81.3 Å². The number of hydrogen-bond acceptors (Lipinski definition) is 25. The summed E-state index contributed by atoms with van der Waals surface area (Å²) in [5.41, 5.74) is 12.4. The van der Waals surface area contributed by atoms with Crippen molar-refractivity contribution in [3.63, 3.8) is 0 Å². The number of rotatable bonds is 21. The first-order valence-corrected chi connectivity index (χ1v) is 33.2. The molecule has 0 fully saturated rings. The largest absolute Gasteiger partial charge is 0.507 e. The van der Waals surface area contributed by atoms with E-state index in [1.165, 1.54) is 17.7 Å². The fourth-order valence-electron chi connectivity index (χ4n) is 10.9. The minimum atomic E-state index is -0.589. The Bertz CT molecular complexity index is 3990. The van der Waals surface area contributed by atoms with Crippen molar-refractivity contribution in [3.8, 4) is 68.2 Å². The number of aliphatic hydroxyl groups excluding tert-OH is 16. The summed E-state index contributed by atoms with van der Waals surface area (Å²) in [5.74, 6) is -1.44. The normalized spacial score (nSPS) is 10.7. The standard InChI is InChI=1S/2C14H14O3.C14H22O2.C11H16O4.C10H14O6.C9H12O4.C8H9FO3/c15-8-10-6-12(9-16)14(17)13(7-10)11-4-2-1-3-5-11;15-8-12-6-11(7-13(9-16)14(12)17)10-4-2-1-3-5-10;1-6-10-7-12(14(2,3)4)8-11(9-16-5)13(10)15;1-6-8(3-12)7(2)10(5-14)11(15)9(6)4-13;11-1-5-6(2-12)10(16)8(4-14)7(3-13)9(5)15;10-3-6-1-7(4-11)9(13)8(2-6)5-12;9-7-1-5(3-10)8(12)6(2-7)4-11/h2*1-7,15-17H,8-9H2;7-8,15H,6,9H2,1-5H3;12-15H,3-5H2,1-2H3;11-16H,1-4H2;1-2,10-13H,3-5H2;1-2,10-12H,3-4H2. The second kappa shape index (κ2) is 45.2. The maximum absolute atomic E-state index is 12.6. The van der Waals surface area contributed by atoms with E-state index in [2.05, 4.69) is 33.8 Å². The number of aromatic hydroxyl groups is 8. The molecule has 0 heterocycles. The highest BCUT2D eigenvalue weighted by molar-refractivity contribution is 5.73. The van der Waals surface area contributed by atoms with Crippen LogP contribution >= 0.6 is 0 Å². The van der Waals surface area contributed by atoms with Gasteiger partial charge < -0.3 is 127 Å². The van der Waals surface area contributed by atoms with Gasteiger partial charge in [-0.05, 0) is 136 Å². The number of benzene rings is 9. The topological polar surface area (TPSA) is 495 Å². The van der Waals surface area contributed by atoms with Gasteiger partial charge in [-0.2, -0.15) is 0 Å². The Morgan fingerprint density at radius 1 is 0.302 bits per heavy atom. The van der Waals surface area contributed by atoms with Crippen molar-refractivity contribution in [1.29, 1.82) is 0 Å². The SMILES string of the molecule is CCc1cc(C(C)(C)C)cc(COC)c1O.Cc1c(CO)c(C)c(CO)c(O)c1CO.OCc1c(O)c(CO)c(CO)c(O)c1CO.OCc1cc(-c2ccccc2)cc(CO)c1O.OCc1cc(CO)c(O)c(-c2ccccc2)c1.OCc1cc(CO)c(O)c(CO)c1.OCc1cc(F)cc(CO)c1O. The Morgan fingerprint density at radius 3 is 0.925 bits per heavy atom. The van der Waals surface area contributed by atoms with Crippen LogP contribution in [-0.2, 0) is 129 Å². The lowest BCUT2D eigenvalue weighted by atomic mass is 9.84. The number of halogens is 1. The molecule has 25 nitrogen and oxygen atoms in total. The Morgan fingerprint density at radius 2 is 0.604 bits per heavy atom. The van der Waals surface area contributed by atoms with E-state index in [9.17, 15) is 50.3 Å². The molecule has 0 aromatic heterocycles. The van der Waals surface area contributed by atoms with Crippen LogP contribution in [0.25, 0.3) is 22.3 Å². The molecule has 0 bridgehead atoms. The van der Waals surface area contributed by atoms with Crippen molar-refractivity contribution in [2.45, 2.75) is 166 Å². The van der Waals surface area contributed by atoms with Crippen LogP contribution in [0.5, 0.6) is 46.0 Å². The average Bonchev–Trinajstić information content (AvgIpc) is 0.792. The lowest BCUT2D eigenvalue weighted by Gasteiger charge is -2.22. The molecule has 24 N–H and O–H groups in total. The summed E-state index contributed by atoms with van der Waals surface area (Å²) in [6, 6.07) is 35.0. The maximum Gasteiger partial charge on any atom is 0.128 e. The molecule has 578 valence electrons. The zero-order valence-electron chi connectivity index (χ0n) is 60.3. The van der Waals surface area contributed by atoms with Crippen LogP contribution in [0.4, 0.5) is 4.39 Å². The van der Waals surface area contributed by atoms with Gasteiger partial charge in [0.05, 0.1) is 112 Å². The summed E-state index contributed by atoms with van der Waals surface area (Å²) in [5, 5.41) is 221. The third-order valence-electron chi connectivity index (χ3n) is 17.0. The second-order valence-corrected chi connectivity index (χ2v) is 24.7. The monoisotopic (exact) mass is 1480 g/mol. The molecule has 0 amide bonds. The van der Waals surface area contributed by atoms with E-state index in [0.29, 0.717) is 84.7 Å². The zero-order chi connectivity index (χ0) is 79.7. The number of aliphatic hydroxyl groups is 16. The third-order valence-corrected chi connectivity index (χ3v) is 17.0. The first-order chi connectivity index (χ1) is 50.5. The molecule has 0 aliphatic rings. The van der Waals surface area contributed by atoms with E-state index < -0.39 is 57.0 Å². The molecule has 0 saturated heterocycles. The number of methoxy groups -OCH3 is 1. The molecule has 0 aliphatic carbocycles. The molecular weight excluding hydrogens is 1380 g/mol. The lowest BCUT2D eigenvalue weighted by molar-refractivity contribution is 0.181. The Hall–Kier alpha value is -9.37. The molecule has 0 unspecified atom stereocenters. The Labute approximate surface area is 614 Å². The van der Waals surface area contributed by atoms with E-state index in [1.807, 2.05) is 66.7 Å². The number of hydrogen-bond donors (Lipinski definition) is 24. The van der Waals surface area contributed by atoms with Gasteiger partial charge in [-0.15, -0.1) is 0 Å². The van der Waals surface area contributed by atoms with E-state index in [-0.39, 0.29) is 134 Å². The maximum atomic E-state index is 12.6. The summed E-state index contributed by atoms with van der Waals surface area (Å²) >= 11 is 0. The van der Waals surface area contributed by atoms with Gasteiger partial charge in [-0.25, -0.2) is 4.39 Å². The fraction of sp³-hybridized carbons (Fsp3) is 0.325. The quantitative estimate of drug-likeness (QED) is 0.0311. The molecule has 0 saturated carbocycles. The van der Waals surface area contributed by atoms with Gasteiger partial charge in [0, 0.05) is 90.6 Å². The van der Waals surface area contributed by atoms with Crippen LogP contribution in [0, 0.1) is 19.7 Å². The van der Waals surface area contributed by atoms with E-state index >= 15 is 0 Å². The summed E-state index contributed by atoms with van der Waals surface area (Å²) in [6.45, 7) is 6.78. The summed E-state index contributed by atoms with van der Waals surface area (Å²) in [6.07, 6.45) is 0.840. The van der Waals surface area contributed by atoms with E-state index in [0.717, 1.165) is 46.4 Å². The van der Waals surface area contributed by atoms with Crippen molar-refractivity contribution in [2.24, 2.45) is 0 Å². The highest BCUT2D eigenvalue weighted by Gasteiger charge is 2.23.